The first kappa shape index (κ1) is 26.1. The molecule has 0 bridgehead atoms. The molecule has 0 radical (unpaired) electrons. The lowest BCUT2D eigenvalue weighted by Gasteiger charge is -2.43. The molecule has 1 saturated heterocycles. The monoisotopic (exact) mass is 500 g/mol. The highest BCUT2D eigenvalue weighted by molar-refractivity contribution is 5.95. The van der Waals surface area contributed by atoms with E-state index in [2.05, 4.69) is 17.1 Å². The van der Waals surface area contributed by atoms with Gasteiger partial charge in [-0.3, -0.25) is 14.6 Å². The summed E-state index contributed by atoms with van der Waals surface area (Å²) in [6.45, 7) is 8.46. The van der Waals surface area contributed by atoms with Crippen LogP contribution in [0.15, 0.2) is 35.5 Å². The van der Waals surface area contributed by atoms with Gasteiger partial charge in [-0.25, -0.2) is 14.0 Å². The molecule has 8 nitrogen and oxygen atoms in total. The maximum absolute atomic E-state index is 14.1. The number of carbonyl (C=O) groups excluding carboxylic acids is 3. The highest BCUT2D eigenvalue weighted by atomic mass is 19.1. The Labute approximate surface area is 212 Å². The molecule has 196 valence electrons. The first-order chi connectivity index (χ1) is 17.3. The molecule has 1 aliphatic carbocycles. The fourth-order valence-corrected chi connectivity index (χ4v) is 5.72. The van der Waals surface area contributed by atoms with E-state index in [-0.39, 0.29) is 30.5 Å². The molecule has 2 aliphatic heterocycles. The lowest BCUT2D eigenvalue weighted by Crippen LogP contribution is -2.57. The van der Waals surface area contributed by atoms with E-state index in [1.54, 1.807) is 24.0 Å². The molecule has 0 unspecified atom stereocenters. The van der Waals surface area contributed by atoms with Gasteiger partial charge in [0, 0.05) is 50.4 Å². The van der Waals surface area contributed by atoms with Crippen LogP contribution in [-0.4, -0.2) is 78.0 Å². The van der Waals surface area contributed by atoms with Gasteiger partial charge >= 0.3 is 12.0 Å². The SMILES string of the molecule is CCOC(=O)C1=C(CN2CCN(C(=O)C3CCCC3)[C@H](C)C2)N(CC)C(=O)N[C@H]1c1cccc(F)c1. The Morgan fingerprint density at radius 1 is 1.17 bits per heavy atom. The van der Waals surface area contributed by atoms with Gasteiger partial charge < -0.3 is 15.0 Å². The van der Waals surface area contributed by atoms with Crippen LogP contribution in [0.5, 0.6) is 0 Å². The summed E-state index contributed by atoms with van der Waals surface area (Å²) in [5.41, 5.74) is 1.37. The minimum atomic E-state index is -0.812. The highest BCUT2D eigenvalue weighted by Crippen LogP contribution is 2.33. The first-order valence-electron chi connectivity index (χ1n) is 13.1. The summed E-state index contributed by atoms with van der Waals surface area (Å²) in [6.07, 6.45) is 4.20. The van der Waals surface area contributed by atoms with Crippen LogP contribution in [0.25, 0.3) is 0 Å². The van der Waals surface area contributed by atoms with Gasteiger partial charge in [0.2, 0.25) is 5.91 Å². The molecule has 2 fully saturated rings. The molecule has 1 aromatic carbocycles. The van der Waals surface area contributed by atoms with Crippen LogP contribution in [0.1, 0.15) is 58.1 Å². The van der Waals surface area contributed by atoms with Gasteiger partial charge in [0.25, 0.3) is 0 Å². The molecular weight excluding hydrogens is 463 g/mol. The molecule has 3 amide bonds. The average Bonchev–Trinajstić information content (AvgIpc) is 3.39. The van der Waals surface area contributed by atoms with Crippen molar-refractivity contribution >= 4 is 17.9 Å². The Morgan fingerprint density at radius 3 is 2.56 bits per heavy atom. The summed E-state index contributed by atoms with van der Waals surface area (Å²) in [7, 11) is 0. The maximum atomic E-state index is 14.1. The number of hydrogen-bond donors (Lipinski definition) is 1. The van der Waals surface area contributed by atoms with Crippen molar-refractivity contribution in [2.24, 2.45) is 5.92 Å². The van der Waals surface area contributed by atoms with Gasteiger partial charge in [-0.2, -0.15) is 0 Å². The van der Waals surface area contributed by atoms with Crippen LogP contribution in [-0.2, 0) is 14.3 Å². The number of rotatable bonds is 7. The second-order valence-electron chi connectivity index (χ2n) is 9.86. The summed E-state index contributed by atoms with van der Waals surface area (Å²) < 4.78 is 19.5. The summed E-state index contributed by atoms with van der Waals surface area (Å²) in [4.78, 5) is 45.1. The van der Waals surface area contributed by atoms with E-state index in [0.717, 1.165) is 25.7 Å². The van der Waals surface area contributed by atoms with Crippen molar-refractivity contribution in [2.75, 3.05) is 39.3 Å². The number of piperazine rings is 1. The molecule has 4 rings (SSSR count). The third-order valence-electron chi connectivity index (χ3n) is 7.50. The normalized spacial score (nSPS) is 23.7. The Hall–Kier alpha value is -2.94. The number of ether oxygens (including phenoxy) is 1. The topological polar surface area (TPSA) is 82.2 Å². The highest BCUT2D eigenvalue weighted by Gasteiger charge is 2.40. The number of likely N-dealkylation sites (N-methyl/N-ethyl adjacent to an activating group) is 1. The van der Waals surface area contributed by atoms with Gasteiger partial charge in [-0.15, -0.1) is 0 Å². The quantitative estimate of drug-likeness (QED) is 0.580. The third kappa shape index (κ3) is 5.40. The third-order valence-corrected chi connectivity index (χ3v) is 7.50. The van der Waals surface area contributed by atoms with Crippen LogP contribution in [0, 0.1) is 11.7 Å². The van der Waals surface area contributed by atoms with Gasteiger partial charge in [-0.05, 0) is 51.3 Å². The largest absolute Gasteiger partial charge is 0.463 e. The van der Waals surface area contributed by atoms with E-state index in [1.807, 2.05) is 11.8 Å². The second kappa shape index (κ2) is 11.4. The van der Waals surface area contributed by atoms with Crippen molar-refractivity contribution in [2.45, 2.75) is 58.5 Å². The Kier molecular flexibility index (Phi) is 8.28. The molecule has 36 heavy (non-hydrogen) atoms. The molecule has 0 aromatic heterocycles. The minimum absolute atomic E-state index is 0.0324. The van der Waals surface area contributed by atoms with Gasteiger partial charge in [0.15, 0.2) is 0 Å². The number of amides is 3. The molecule has 1 aromatic rings. The maximum Gasteiger partial charge on any atom is 0.338 e. The van der Waals surface area contributed by atoms with E-state index >= 15 is 0 Å². The fraction of sp³-hybridized carbons (Fsp3) is 0.593. The molecule has 2 heterocycles. The Bertz CT molecular complexity index is 1020. The zero-order chi connectivity index (χ0) is 25.8. The van der Waals surface area contributed by atoms with Gasteiger partial charge in [0.05, 0.1) is 18.2 Å². The number of carbonyl (C=O) groups is 3. The van der Waals surface area contributed by atoms with Crippen molar-refractivity contribution in [1.29, 1.82) is 0 Å². The number of esters is 1. The molecule has 1 N–H and O–H groups in total. The van der Waals surface area contributed by atoms with Gasteiger partial charge in [-0.1, -0.05) is 25.0 Å². The molecular formula is C27H37FN4O4. The van der Waals surface area contributed by atoms with Crippen LogP contribution < -0.4 is 5.32 Å². The van der Waals surface area contributed by atoms with Crippen LogP contribution >= 0.6 is 0 Å². The van der Waals surface area contributed by atoms with Crippen molar-refractivity contribution < 1.29 is 23.5 Å². The molecule has 9 heteroatoms. The standard InChI is InChI=1S/C27H37FN4O4/c1-4-31-22(17-30-13-14-32(18(3)16-30)25(33)19-9-6-7-10-19)23(26(34)36-5-2)24(29-27(31)35)20-11-8-12-21(28)15-20/h8,11-12,15,18-19,24H,4-7,9-10,13-14,16-17H2,1-3H3,(H,29,35)/t18-,24+/m1/s1. The number of hydrogen-bond acceptors (Lipinski definition) is 5. The van der Waals surface area contributed by atoms with E-state index in [9.17, 15) is 18.8 Å². The van der Waals surface area contributed by atoms with E-state index in [4.69, 9.17) is 4.74 Å². The Morgan fingerprint density at radius 2 is 1.92 bits per heavy atom. The van der Waals surface area contributed by atoms with Crippen LogP contribution in [0.2, 0.25) is 0 Å². The number of benzene rings is 1. The van der Waals surface area contributed by atoms with Crippen LogP contribution in [0.3, 0.4) is 0 Å². The first-order valence-corrected chi connectivity index (χ1v) is 13.1. The van der Waals surface area contributed by atoms with Crippen LogP contribution in [0.4, 0.5) is 9.18 Å². The van der Waals surface area contributed by atoms with Crippen molar-refractivity contribution in [3.05, 3.63) is 46.9 Å². The zero-order valence-corrected chi connectivity index (χ0v) is 21.5. The van der Waals surface area contributed by atoms with E-state index in [1.165, 1.54) is 12.1 Å². The summed E-state index contributed by atoms with van der Waals surface area (Å²) in [5.74, 6) is -0.573. The number of nitrogens with zero attached hydrogens (tertiary/aromatic N) is 3. The lowest BCUT2D eigenvalue weighted by molar-refractivity contribution is -0.140. The molecule has 0 spiro atoms. The van der Waals surface area contributed by atoms with Crippen molar-refractivity contribution in [3.8, 4) is 0 Å². The molecule has 2 atom stereocenters. The Balaban J connectivity index is 1.62. The summed E-state index contributed by atoms with van der Waals surface area (Å²) in [6, 6.07) is 4.80. The predicted octanol–water partition coefficient (Wildman–Crippen LogP) is 3.45. The zero-order valence-electron chi connectivity index (χ0n) is 21.5. The number of nitrogens with one attached hydrogen (secondary N) is 1. The fourth-order valence-electron chi connectivity index (χ4n) is 5.72. The molecule has 1 saturated carbocycles. The summed E-state index contributed by atoms with van der Waals surface area (Å²) in [5, 5.41) is 2.87. The minimum Gasteiger partial charge on any atom is -0.463 e. The molecule has 3 aliphatic rings. The van der Waals surface area contributed by atoms with Crippen molar-refractivity contribution in [1.82, 2.24) is 20.0 Å². The van der Waals surface area contributed by atoms with E-state index < -0.39 is 17.8 Å². The number of urea groups is 1. The van der Waals surface area contributed by atoms with Crippen molar-refractivity contribution in [3.63, 3.8) is 0 Å². The average molecular weight is 501 g/mol. The second-order valence-corrected chi connectivity index (χ2v) is 9.86. The summed E-state index contributed by atoms with van der Waals surface area (Å²) >= 11 is 0. The van der Waals surface area contributed by atoms with E-state index in [0.29, 0.717) is 49.6 Å². The smallest absolute Gasteiger partial charge is 0.338 e. The number of halogens is 1. The predicted molar refractivity (Wildman–Crippen MR) is 133 cm³/mol. The lowest BCUT2D eigenvalue weighted by atomic mass is 9.94. The van der Waals surface area contributed by atoms with Gasteiger partial charge in [0.1, 0.15) is 5.82 Å².